The minimum atomic E-state index is -3.95. The first-order chi connectivity index (χ1) is 15.3. The highest BCUT2D eigenvalue weighted by Crippen LogP contribution is 2.28. The maximum atomic E-state index is 13.2. The van der Waals surface area contributed by atoms with Crippen molar-refractivity contribution >= 4 is 39.0 Å². The Hall–Kier alpha value is -3.04. The molecule has 0 aliphatic heterocycles. The van der Waals surface area contributed by atoms with E-state index in [2.05, 4.69) is 10.4 Å². The average molecular weight is 491 g/mol. The van der Waals surface area contributed by atoms with Crippen molar-refractivity contribution in [3.05, 3.63) is 64.8 Å². The third kappa shape index (κ3) is 5.15. The van der Waals surface area contributed by atoms with Crippen molar-refractivity contribution in [3.63, 3.8) is 0 Å². The largest absolute Gasteiger partial charge is 0.497 e. The third-order valence-electron chi connectivity index (χ3n) is 4.99. The zero-order chi connectivity index (χ0) is 24.6. The minimum Gasteiger partial charge on any atom is -0.497 e. The van der Waals surface area contributed by atoms with E-state index < -0.39 is 15.9 Å². The summed E-state index contributed by atoms with van der Waals surface area (Å²) in [6.45, 7) is 7.71. The van der Waals surface area contributed by atoms with E-state index >= 15 is 0 Å². The Morgan fingerprint density at radius 2 is 1.76 bits per heavy atom. The van der Waals surface area contributed by atoms with Crippen molar-refractivity contribution in [2.24, 2.45) is 0 Å². The molecule has 0 aliphatic rings. The summed E-state index contributed by atoms with van der Waals surface area (Å²) in [6.07, 6.45) is 0. The number of benzene rings is 2. The molecule has 3 rings (SSSR count). The monoisotopic (exact) mass is 490 g/mol. The Morgan fingerprint density at radius 3 is 2.33 bits per heavy atom. The summed E-state index contributed by atoms with van der Waals surface area (Å²) in [5.41, 5.74) is 0.859. The molecule has 2 aromatic carbocycles. The van der Waals surface area contributed by atoms with E-state index in [1.807, 2.05) is 27.7 Å². The Labute approximate surface area is 199 Å². The Morgan fingerprint density at radius 1 is 1.12 bits per heavy atom. The number of ether oxygens (including phenoxy) is 1. The van der Waals surface area contributed by atoms with Crippen LogP contribution in [0, 0.1) is 6.92 Å². The summed E-state index contributed by atoms with van der Waals surface area (Å²) in [5.74, 6) is 0.568. The highest BCUT2D eigenvalue weighted by atomic mass is 35.5. The quantitative estimate of drug-likeness (QED) is 0.541. The number of aromatic nitrogens is 2. The van der Waals surface area contributed by atoms with Crippen molar-refractivity contribution in [1.82, 2.24) is 9.78 Å². The van der Waals surface area contributed by atoms with Crippen LogP contribution in [-0.4, -0.2) is 38.3 Å². The van der Waals surface area contributed by atoms with Gasteiger partial charge in [0.1, 0.15) is 11.6 Å². The van der Waals surface area contributed by atoms with Gasteiger partial charge in [-0.2, -0.15) is 5.10 Å². The van der Waals surface area contributed by atoms with Crippen LogP contribution in [0.5, 0.6) is 5.75 Å². The van der Waals surface area contributed by atoms with Crippen LogP contribution in [0.2, 0.25) is 5.02 Å². The molecule has 0 spiro atoms. The summed E-state index contributed by atoms with van der Waals surface area (Å²) in [5, 5.41) is 7.37. The fraction of sp³-hybridized carbons (Fsp3) is 0.304. The molecule has 8 nitrogen and oxygen atoms in total. The molecule has 10 heteroatoms. The van der Waals surface area contributed by atoms with Gasteiger partial charge in [0.15, 0.2) is 0 Å². The van der Waals surface area contributed by atoms with Gasteiger partial charge in [-0.05, 0) is 70.2 Å². The number of carbonyl (C=O) groups excluding carboxylic acids is 1. The van der Waals surface area contributed by atoms with Gasteiger partial charge in [-0.3, -0.25) is 9.10 Å². The van der Waals surface area contributed by atoms with Gasteiger partial charge < -0.3 is 10.1 Å². The number of hydrogen-bond acceptors (Lipinski definition) is 5. The van der Waals surface area contributed by atoms with Crippen molar-refractivity contribution in [3.8, 4) is 5.75 Å². The van der Waals surface area contributed by atoms with Gasteiger partial charge in [-0.15, -0.1) is 0 Å². The van der Waals surface area contributed by atoms with Crippen LogP contribution in [0.3, 0.4) is 0 Å². The van der Waals surface area contributed by atoms with Gasteiger partial charge >= 0.3 is 0 Å². The first-order valence-corrected chi connectivity index (χ1v) is 12.0. The number of carbonyl (C=O) groups is 1. The minimum absolute atomic E-state index is 0.0418. The van der Waals surface area contributed by atoms with E-state index in [1.54, 1.807) is 35.0 Å². The molecule has 0 bridgehead atoms. The molecule has 0 unspecified atom stereocenters. The molecule has 3 aromatic rings. The topological polar surface area (TPSA) is 93.5 Å². The summed E-state index contributed by atoms with van der Waals surface area (Å²) < 4.78 is 34.4. The summed E-state index contributed by atoms with van der Waals surface area (Å²) in [4.78, 5) is 13.0. The molecule has 0 saturated heterocycles. The third-order valence-corrected chi connectivity index (χ3v) is 7.10. The number of halogens is 1. The van der Waals surface area contributed by atoms with Gasteiger partial charge in [0, 0.05) is 13.1 Å². The van der Waals surface area contributed by atoms with E-state index in [4.69, 9.17) is 16.3 Å². The molecule has 1 heterocycles. The SMILES string of the molecule is COc1ccc(N(C)S(=O)(=O)c2ccc(Cl)c(C(=O)Nc3cc(C)nn3C(C)(C)C)c2)cc1. The zero-order valence-electron chi connectivity index (χ0n) is 19.4. The van der Waals surface area contributed by atoms with Crippen molar-refractivity contribution in [2.45, 2.75) is 38.1 Å². The molecule has 1 amide bonds. The maximum Gasteiger partial charge on any atom is 0.264 e. The predicted octanol–water partition coefficient (Wildman–Crippen LogP) is 4.69. The summed E-state index contributed by atoms with van der Waals surface area (Å²) >= 11 is 6.27. The zero-order valence-corrected chi connectivity index (χ0v) is 21.0. The molecular weight excluding hydrogens is 464 g/mol. The number of aryl methyl sites for hydroxylation is 1. The van der Waals surface area contributed by atoms with Crippen LogP contribution in [-0.2, 0) is 15.6 Å². The number of amides is 1. The van der Waals surface area contributed by atoms with Crippen LogP contribution in [0.4, 0.5) is 11.5 Å². The lowest BCUT2D eigenvalue weighted by atomic mass is 10.1. The summed E-state index contributed by atoms with van der Waals surface area (Å²) in [6, 6.07) is 12.4. The van der Waals surface area contributed by atoms with E-state index in [0.29, 0.717) is 17.3 Å². The number of nitrogens with one attached hydrogen (secondary N) is 1. The molecule has 0 radical (unpaired) electrons. The Bertz CT molecular complexity index is 1280. The molecule has 0 aliphatic carbocycles. The number of rotatable bonds is 6. The number of nitrogens with zero attached hydrogens (tertiary/aromatic N) is 3. The van der Waals surface area contributed by atoms with Crippen molar-refractivity contribution < 1.29 is 17.9 Å². The molecule has 0 atom stereocenters. The average Bonchev–Trinajstić information content (AvgIpc) is 3.13. The normalized spacial score (nSPS) is 11.8. The number of methoxy groups -OCH3 is 1. The maximum absolute atomic E-state index is 13.2. The standard InChI is InChI=1S/C23H27ClN4O4S/c1-15-13-21(28(26-15)23(2,3)4)25-22(29)19-14-18(11-12-20(19)24)33(30,31)27(5)16-7-9-17(32-6)10-8-16/h7-14H,1-6H3,(H,25,29). The fourth-order valence-electron chi connectivity index (χ4n) is 3.21. The van der Waals surface area contributed by atoms with Gasteiger partial charge in [0.05, 0.1) is 39.5 Å². The lowest BCUT2D eigenvalue weighted by Crippen LogP contribution is -2.28. The van der Waals surface area contributed by atoms with E-state index in [1.165, 1.54) is 32.4 Å². The second-order valence-corrected chi connectivity index (χ2v) is 10.9. The highest BCUT2D eigenvalue weighted by Gasteiger charge is 2.25. The molecule has 0 saturated carbocycles. The van der Waals surface area contributed by atoms with E-state index in [9.17, 15) is 13.2 Å². The van der Waals surface area contributed by atoms with Gasteiger partial charge in [0.2, 0.25) is 0 Å². The molecule has 176 valence electrons. The summed E-state index contributed by atoms with van der Waals surface area (Å²) in [7, 11) is -0.974. The Balaban J connectivity index is 1.94. The second-order valence-electron chi connectivity index (χ2n) is 8.52. The van der Waals surface area contributed by atoms with Crippen LogP contribution in [0.1, 0.15) is 36.8 Å². The number of sulfonamides is 1. The van der Waals surface area contributed by atoms with Crippen LogP contribution in [0.15, 0.2) is 53.4 Å². The first kappa shape index (κ1) is 24.6. The number of hydrogen-bond donors (Lipinski definition) is 1. The Kier molecular flexibility index (Phi) is 6.76. The second kappa shape index (κ2) is 9.07. The molecule has 1 N–H and O–H groups in total. The first-order valence-electron chi connectivity index (χ1n) is 10.2. The van der Waals surface area contributed by atoms with Gasteiger partial charge in [0.25, 0.3) is 15.9 Å². The van der Waals surface area contributed by atoms with Crippen LogP contribution >= 0.6 is 11.6 Å². The fourth-order valence-corrected chi connectivity index (χ4v) is 4.64. The highest BCUT2D eigenvalue weighted by molar-refractivity contribution is 7.92. The lowest BCUT2D eigenvalue weighted by Gasteiger charge is -2.22. The van der Waals surface area contributed by atoms with Crippen molar-refractivity contribution in [2.75, 3.05) is 23.8 Å². The van der Waals surface area contributed by atoms with Crippen molar-refractivity contribution in [1.29, 1.82) is 0 Å². The van der Waals surface area contributed by atoms with E-state index in [-0.39, 0.29) is 21.0 Å². The van der Waals surface area contributed by atoms with E-state index in [0.717, 1.165) is 10.00 Å². The van der Waals surface area contributed by atoms with Crippen LogP contribution < -0.4 is 14.4 Å². The lowest BCUT2D eigenvalue weighted by molar-refractivity contribution is 0.102. The van der Waals surface area contributed by atoms with Crippen LogP contribution in [0.25, 0.3) is 0 Å². The predicted molar refractivity (Wildman–Crippen MR) is 130 cm³/mol. The molecule has 0 fully saturated rings. The molecule has 1 aromatic heterocycles. The molecule has 33 heavy (non-hydrogen) atoms. The van der Waals surface area contributed by atoms with Gasteiger partial charge in [-0.1, -0.05) is 11.6 Å². The number of anilines is 2. The van der Waals surface area contributed by atoms with Gasteiger partial charge in [-0.25, -0.2) is 13.1 Å². The smallest absolute Gasteiger partial charge is 0.264 e. The molecular formula is C23H27ClN4O4S.